The van der Waals surface area contributed by atoms with Gasteiger partial charge in [0.05, 0.1) is 19.0 Å². The van der Waals surface area contributed by atoms with Crippen LogP contribution in [0.25, 0.3) is 16.9 Å². The molecule has 0 fully saturated rings. The van der Waals surface area contributed by atoms with Crippen LogP contribution in [0.4, 0.5) is 27.6 Å². The number of methoxy groups -OCH3 is 1. The lowest BCUT2D eigenvalue weighted by atomic mass is 10.0. The van der Waals surface area contributed by atoms with Gasteiger partial charge in [-0.05, 0) is 29.7 Å². The van der Waals surface area contributed by atoms with Crippen LogP contribution in [-0.4, -0.2) is 34.2 Å². The second-order valence-corrected chi connectivity index (χ2v) is 8.29. The van der Waals surface area contributed by atoms with Crippen molar-refractivity contribution in [3.8, 4) is 22.8 Å². The zero-order valence-corrected chi connectivity index (χ0v) is 19.8. The van der Waals surface area contributed by atoms with Crippen molar-refractivity contribution in [2.45, 2.75) is 32.6 Å². The molecule has 4 rings (SSSR count). The molecule has 2 aromatic heterocycles. The number of anilines is 1. The minimum atomic E-state index is -4.78. The highest BCUT2D eigenvalue weighted by atomic mass is 19.4. The van der Waals surface area contributed by atoms with Crippen LogP contribution in [-0.2, 0) is 6.18 Å². The summed E-state index contributed by atoms with van der Waals surface area (Å²) in [4.78, 5) is 17.3. The smallest absolute Gasteiger partial charge is 0.433 e. The summed E-state index contributed by atoms with van der Waals surface area (Å²) >= 11 is 0. The van der Waals surface area contributed by atoms with E-state index in [1.54, 1.807) is 24.3 Å². The summed E-state index contributed by atoms with van der Waals surface area (Å²) in [5.41, 5.74) is -0.0540. The molecule has 0 aliphatic carbocycles. The van der Waals surface area contributed by atoms with Gasteiger partial charge in [0.1, 0.15) is 5.56 Å². The number of benzene rings is 2. The van der Waals surface area contributed by atoms with Crippen LogP contribution in [0.1, 0.15) is 41.4 Å². The van der Waals surface area contributed by atoms with Crippen molar-refractivity contribution in [1.82, 2.24) is 14.6 Å². The molecule has 2 aromatic carbocycles. The predicted octanol–water partition coefficient (Wildman–Crippen LogP) is 6.40. The van der Waals surface area contributed by atoms with E-state index >= 15 is 0 Å². The van der Waals surface area contributed by atoms with Crippen LogP contribution in [0, 0.1) is 0 Å². The molecule has 0 aliphatic heterocycles. The first kappa shape index (κ1) is 25.9. The van der Waals surface area contributed by atoms with Crippen LogP contribution >= 0.6 is 0 Å². The van der Waals surface area contributed by atoms with E-state index in [4.69, 9.17) is 4.74 Å². The van der Waals surface area contributed by atoms with Crippen molar-refractivity contribution in [3.05, 3.63) is 71.5 Å². The number of rotatable bonds is 7. The zero-order valence-electron chi connectivity index (χ0n) is 19.8. The summed E-state index contributed by atoms with van der Waals surface area (Å²) < 4.78 is 76.7. The van der Waals surface area contributed by atoms with E-state index in [0.29, 0.717) is 10.1 Å². The van der Waals surface area contributed by atoms with Gasteiger partial charge in [0.25, 0.3) is 5.91 Å². The Bertz CT molecular complexity index is 1430. The number of carbonyl (C=O) groups excluding carboxylic acids is 1. The molecule has 37 heavy (non-hydrogen) atoms. The Morgan fingerprint density at radius 2 is 1.73 bits per heavy atom. The number of nitrogens with one attached hydrogen (secondary N) is 1. The van der Waals surface area contributed by atoms with E-state index in [-0.39, 0.29) is 40.0 Å². The molecular weight excluding hydrogens is 499 g/mol. The molecule has 0 bridgehead atoms. The molecule has 0 saturated heterocycles. The molecule has 1 N–H and O–H groups in total. The fourth-order valence-electron chi connectivity index (χ4n) is 3.65. The summed E-state index contributed by atoms with van der Waals surface area (Å²) in [5, 5.41) is 6.24. The monoisotopic (exact) mass is 520 g/mol. The van der Waals surface area contributed by atoms with E-state index in [1.165, 1.54) is 19.2 Å². The number of hydrogen-bond acceptors (Lipinski definition) is 5. The fourth-order valence-corrected chi connectivity index (χ4v) is 3.65. The lowest BCUT2D eigenvalue weighted by molar-refractivity contribution is -0.142. The minimum absolute atomic E-state index is 0.0138. The van der Waals surface area contributed by atoms with Gasteiger partial charge in [0, 0.05) is 17.3 Å². The van der Waals surface area contributed by atoms with Crippen LogP contribution in [0.3, 0.4) is 0 Å². The Labute approximate surface area is 207 Å². The number of fused-ring (bicyclic) bond motifs is 1. The second kappa shape index (κ2) is 10.0. The van der Waals surface area contributed by atoms with Crippen LogP contribution in [0.5, 0.6) is 11.5 Å². The number of aromatic nitrogens is 3. The lowest BCUT2D eigenvalue weighted by Crippen LogP contribution is -2.16. The SMILES string of the molecule is COc1cc(NC(=O)c2cnn3c(C(F)(F)F)cc(-c4ccc(C(C)C)cc4)nc23)ccc1OC(F)F. The van der Waals surface area contributed by atoms with E-state index < -0.39 is 24.4 Å². The maximum Gasteiger partial charge on any atom is 0.433 e. The highest BCUT2D eigenvalue weighted by molar-refractivity contribution is 6.08. The van der Waals surface area contributed by atoms with Crippen molar-refractivity contribution < 1.29 is 36.2 Å². The fraction of sp³-hybridized carbons (Fsp3) is 0.240. The van der Waals surface area contributed by atoms with Gasteiger partial charge in [-0.25, -0.2) is 9.50 Å². The molecule has 0 spiro atoms. The summed E-state index contributed by atoms with van der Waals surface area (Å²) in [7, 11) is 1.22. The van der Waals surface area contributed by atoms with Gasteiger partial charge in [-0.2, -0.15) is 27.1 Å². The average Bonchev–Trinajstić information content (AvgIpc) is 3.27. The molecule has 4 aromatic rings. The van der Waals surface area contributed by atoms with E-state index in [0.717, 1.165) is 23.9 Å². The van der Waals surface area contributed by atoms with E-state index in [1.807, 2.05) is 13.8 Å². The van der Waals surface area contributed by atoms with Gasteiger partial charge in [0.2, 0.25) is 0 Å². The number of nitrogens with zero attached hydrogens (tertiary/aromatic N) is 3. The number of hydrogen-bond donors (Lipinski definition) is 1. The summed E-state index contributed by atoms with van der Waals surface area (Å²) in [6, 6.07) is 11.5. The standard InChI is InChI=1S/C25H21F5N4O3/c1-13(2)14-4-6-15(7-5-14)18-11-21(25(28,29)30)34-22(33-18)17(12-31-34)23(35)32-16-8-9-19(37-24(26)27)20(10-16)36-3/h4-13,24H,1-3H3,(H,32,35). The third-order valence-corrected chi connectivity index (χ3v) is 5.52. The second-order valence-electron chi connectivity index (χ2n) is 8.29. The van der Waals surface area contributed by atoms with Gasteiger partial charge in [-0.1, -0.05) is 38.1 Å². The molecule has 0 saturated carbocycles. The first-order valence-corrected chi connectivity index (χ1v) is 11.0. The van der Waals surface area contributed by atoms with Crippen molar-refractivity contribution in [2.75, 3.05) is 12.4 Å². The normalized spacial score (nSPS) is 11.8. The van der Waals surface area contributed by atoms with Crippen LogP contribution < -0.4 is 14.8 Å². The first-order chi connectivity index (χ1) is 17.5. The zero-order chi connectivity index (χ0) is 26.9. The van der Waals surface area contributed by atoms with Gasteiger partial charge in [-0.15, -0.1) is 0 Å². The Morgan fingerprint density at radius 1 is 1.03 bits per heavy atom. The number of amides is 1. The Kier molecular flexibility index (Phi) is 7.01. The molecule has 2 heterocycles. The number of carbonyl (C=O) groups is 1. The third kappa shape index (κ3) is 5.47. The van der Waals surface area contributed by atoms with Gasteiger partial charge in [0.15, 0.2) is 22.8 Å². The van der Waals surface area contributed by atoms with Gasteiger partial charge >= 0.3 is 12.8 Å². The van der Waals surface area contributed by atoms with Crippen LogP contribution in [0.2, 0.25) is 0 Å². The topological polar surface area (TPSA) is 77.8 Å². The van der Waals surface area contributed by atoms with E-state index in [2.05, 4.69) is 20.1 Å². The first-order valence-electron chi connectivity index (χ1n) is 11.0. The summed E-state index contributed by atoms with van der Waals surface area (Å²) in [5.74, 6) is -0.916. The maximum atomic E-state index is 13.9. The maximum absolute atomic E-state index is 13.9. The van der Waals surface area contributed by atoms with Crippen LogP contribution in [0.15, 0.2) is 54.7 Å². The molecule has 0 radical (unpaired) electrons. The molecule has 1 amide bonds. The Balaban J connectivity index is 1.74. The van der Waals surface area contributed by atoms with E-state index in [9.17, 15) is 26.7 Å². The van der Waals surface area contributed by atoms with Crippen molar-refractivity contribution in [3.63, 3.8) is 0 Å². The highest BCUT2D eigenvalue weighted by Crippen LogP contribution is 2.34. The number of alkyl halides is 5. The Hall–Kier alpha value is -4.22. The van der Waals surface area contributed by atoms with Gasteiger partial charge < -0.3 is 14.8 Å². The number of halogens is 5. The lowest BCUT2D eigenvalue weighted by Gasteiger charge is -2.13. The quantitative estimate of drug-likeness (QED) is 0.285. The largest absolute Gasteiger partial charge is 0.493 e. The molecule has 0 aliphatic rings. The molecule has 0 unspecified atom stereocenters. The Morgan fingerprint density at radius 3 is 2.32 bits per heavy atom. The van der Waals surface area contributed by atoms with Crippen molar-refractivity contribution in [1.29, 1.82) is 0 Å². The average molecular weight is 520 g/mol. The molecule has 12 heteroatoms. The van der Waals surface area contributed by atoms with Gasteiger partial charge in [-0.3, -0.25) is 4.79 Å². The molecule has 194 valence electrons. The molecular formula is C25H21F5N4O3. The summed E-state index contributed by atoms with van der Waals surface area (Å²) in [6.07, 6.45) is -3.80. The molecule has 0 atom stereocenters. The summed E-state index contributed by atoms with van der Waals surface area (Å²) in [6.45, 7) is 0.901. The number of ether oxygens (including phenoxy) is 2. The van der Waals surface area contributed by atoms with Crippen molar-refractivity contribution in [2.24, 2.45) is 0 Å². The van der Waals surface area contributed by atoms with Crippen molar-refractivity contribution >= 4 is 17.2 Å². The third-order valence-electron chi connectivity index (χ3n) is 5.52. The molecule has 7 nitrogen and oxygen atoms in total. The predicted molar refractivity (Wildman–Crippen MR) is 125 cm³/mol. The minimum Gasteiger partial charge on any atom is -0.493 e. The highest BCUT2D eigenvalue weighted by Gasteiger charge is 2.36.